The van der Waals surface area contributed by atoms with Crippen LogP contribution in [0.2, 0.25) is 0 Å². The molecule has 0 spiro atoms. The fourth-order valence-electron chi connectivity index (χ4n) is 4.17. The molecule has 0 bridgehead atoms. The molecule has 1 aromatic heterocycles. The summed E-state index contributed by atoms with van der Waals surface area (Å²) in [6.07, 6.45) is 12.6. The number of nitrogens with one attached hydrogen (secondary N) is 1. The van der Waals surface area contributed by atoms with Crippen molar-refractivity contribution in [2.24, 2.45) is 5.92 Å². The molecule has 1 aromatic rings. The summed E-state index contributed by atoms with van der Waals surface area (Å²) in [5, 5.41) is 20.4. The van der Waals surface area contributed by atoms with Gasteiger partial charge >= 0.3 is 0 Å². The molecular weight excluding hydrogens is 358 g/mol. The Morgan fingerprint density at radius 2 is 1.75 bits per heavy atom. The van der Waals surface area contributed by atoms with E-state index in [0.717, 1.165) is 25.8 Å². The van der Waals surface area contributed by atoms with Crippen molar-refractivity contribution in [3.63, 3.8) is 0 Å². The first-order valence-corrected chi connectivity index (χ1v) is 10.3. The van der Waals surface area contributed by atoms with E-state index < -0.39 is 0 Å². The van der Waals surface area contributed by atoms with Gasteiger partial charge in [0.05, 0.1) is 12.6 Å². The molecular formula is C21H33N3O4. The zero-order valence-electron chi connectivity index (χ0n) is 16.5. The van der Waals surface area contributed by atoms with Crippen LogP contribution in [0, 0.1) is 5.92 Å². The van der Waals surface area contributed by atoms with Gasteiger partial charge in [0, 0.05) is 37.4 Å². The Bertz CT molecular complexity index is 576. The number of carbonyl (C=O) groups excluding carboxylic acids is 1. The normalized spacial score (nSPS) is 23.8. The number of carboxylic acid groups (broad SMARTS) is 1. The average molecular weight is 392 g/mol. The van der Waals surface area contributed by atoms with E-state index in [2.05, 4.69) is 15.2 Å². The highest BCUT2D eigenvalue weighted by Crippen LogP contribution is 2.21. The van der Waals surface area contributed by atoms with Crippen molar-refractivity contribution in [2.45, 2.75) is 63.5 Å². The topological polar surface area (TPSA) is 103 Å². The molecule has 0 radical (unpaired) electrons. The van der Waals surface area contributed by atoms with E-state index >= 15 is 0 Å². The van der Waals surface area contributed by atoms with Gasteiger partial charge in [0.2, 0.25) is 5.91 Å². The highest BCUT2D eigenvalue weighted by atomic mass is 16.3. The van der Waals surface area contributed by atoms with Gasteiger partial charge in [-0.25, -0.2) is 0 Å². The molecule has 28 heavy (non-hydrogen) atoms. The smallest absolute Gasteiger partial charge is 0.290 e. The van der Waals surface area contributed by atoms with E-state index in [0.29, 0.717) is 19.1 Å². The molecule has 1 aliphatic carbocycles. The maximum atomic E-state index is 12.4. The van der Waals surface area contributed by atoms with Crippen molar-refractivity contribution in [1.29, 1.82) is 0 Å². The molecule has 1 amide bonds. The van der Waals surface area contributed by atoms with E-state index in [4.69, 9.17) is 9.90 Å². The molecule has 1 saturated carbocycles. The van der Waals surface area contributed by atoms with Crippen LogP contribution in [0.25, 0.3) is 0 Å². The lowest BCUT2D eigenvalue weighted by atomic mass is 9.97. The zero-order valence-corrected chi connectivity index (χ0v) is 16.5. The van der Waals surface area contributed by atoms with Crippen molar-refractivity contribution in [2.75, 3.05) is 19.6 Å². The highest BCUT2D eigenvalue weighted by molar-refractivity contribution is 5.78. The number of pyridine rings is 1. The summed E-state index contributed by atoms with van der Waals surface area (Å²) in [5.41, 5.74) is 1.19. The molecule has 3 rings (SSSR count). The number of aliphatic hydroxyl groups excluding tert-OH is 1. The molecule has 0 unspecified atom stereocenters. The maximum Gasteiger partial charge on any atom is 0.290 e. The highest BCUT2D eigenvalue weighted by Gasteiger charge is 2.32. The minimum Gasteiger partial charge on any atom is -0.483 e. The number of β-amino-alcohol motifs (C(OH)–C–C–N with tert-alkyl or cyclic N) is 1. The summed E-state index contributed by atoms with van der Waals surface area (Å²) in [4.78, 5) is 26.9. The third-order valence-electron chi connectivity index (χ3n) is 5.57. The quantitative estimate of drug-likeness (QED) is 0.662. The number of aromatic nitrogens is 1. The van der Waals surface area contributed by atoms with Gasteiger partial charge in [-0.3, -0.25) is 19.5 Å². The minimum absolute atomic E-state index is 0.113. The molecule has 1 aliphatic heterocycles. The van der Waals surface area contributed by atoms with Crippen molar-refractivity contribution >= 4 is 12.4 Å². The van der Waals surface area contributed by atoms with E-state index in [-0.39, 0.29) is 24.4 Å². The van der Waals surface area contributed by atoms with Crippen LogP contribution in [-0.4, -0.2) is 64.3 Å². The Balaban J connectivity index is 0.000000878. The second-order valence-electron chi connectivity index (χ2n) is 7.80. The second-order valence-corrected chi connectivity index (χ2v) is 7.80. The largest absolute Gasteiger partial charge is 0.483 e. The van der Waals surface area contributed by atoms with Gasteiger partial charge in [-0.15, -0.1) is 0 Å². The molecule has 7 nitrogen and oxygen atoms in total. The van der Waals surface area contributed by atoms with Gasteiger partial charge in [0.25, 0.3) is 6.47 Å². The van der Waals surface area contributed by atoms with Gasteiger partial charge in [0.15, 0.2) is 0 Å². The number of rotatable bonds is 5. The fraction of sp³-hybridized carbons (Fsp3) is 0.667. The third kappa shape index (κ3) is 7.94. The summed E-state index contributed by atoms with van der Waals surface area (Å²) in [6.45, 7) is 1.52. The van der Waals surface area contributed by atoms with Gasteiger partial charge in [-0.2, -0.15) is 0 Å². The number of amides is 1. The SMILES string of the molecule is O=C(CN1C[C@@H](Cc2ccncc2)[C@@H](O)C1)NC1CCCCCCC1.O=CO. The van der Waals surface area contributed by atoms with Gasteiger partial charge in [0.1, 0.15) is 0 Å². The van der Waals surface area contributed by atoms with E-state index in [1.807, 2.05) is 12.1 Å². The Kier molecular flexibility index (Phi) is 9.93. The van der Waals surface area contributed by atoms with E-state index in [9.17, 15) is 9.90 Å². The average Bonchev–Trinajstić information content (AvgIpc) is 2.97. The number of likely N-dealkylation sites (tertiary alicyclic amines) is 1. The predicted molar refractivity (Wildman–Crippen MR) is 107 cm³/mol. The monoisotopic (exact) mass is 391 g/mol. The van der Waals surface area contributed by atoms with E-state index in [1.165, 1.54) is 37.7 Å². The van der Waals surface area contributed by atoms with Crippen LogP contribution < -0.4 is 5.32 Å². The summed E-state index contributed by atoms with van der Waals surface area (Å²) in [6, 6.07) is 4.33. The number of carbonyl (C=O) groups is 2. The lowest BCUT2D eigenvalue weighted by Crippen LogP contribution is -2.42. The van der Waals surface area contributed by atoms with Crippen LogP contribution >= 0.6 is 0 Å². The summed E-state index contributed by atoms with van der Waals surface area (Å²) in [5.74, 6) is 0.305. The summed E-state index contributed by atoms with van der Waals surface area (Å²) < 4.78 is 0. The number of hydrogen-bond acceptors (Lipinski definition) is 5. The minimum atomic E-state index is -0.359. The van der Waals surface area contributed by atoms with Crippen molar-refractivity contribution in [1.82, 2.24) is 15.2 Å². The fourth-order valence-corrected chi connectivity index (χ4v) is 4.17. The molecule has 156 valence electrons. The first kappa shape index (κ1) is 22.3. The Morgan fingerprint density at radius 3 is 2.39 bits per heavy atom. The molecule has 2 atom stereocenters. The summed E-state index contributed by atoms with van der Waals surface area (Å²) >= 11 is 0. The van der Waals surface area contributed by atoms with Crippen LogP contribution in [0.5, 0.6) is 0 Å². The number of hydrogen-bond donors (Lipinski definition) is 3. The van der Waals surface area contributed by atoms with Crippen molar-refractivity contribution < 1.29 is 19.8 Å². The standard InChI is InChI=1S/C20H31N3O2.CH2O2/c24-19-14-23(13-17(19)12-16-8-10-21-11-9-16)15-20(25)22-18-6-4-2-1-3-5-7-18;2-1-3/h8-11,17-19,24H,1-7,12-15H2,(H,22,25);1H,(H,2,3)/t17-,19+;/m1./s1. The molecule has 0 aromatic carbocycles. The Labute approximate surface area is 167 Å². The lowest BCUT2D eigenvalue weighted by molar-refractivity contribution is -0.123. The zero-order chi connectivity index (χ0) is 20.2. The van der Waals surface area contributed by atoms with Crippen LogP contribution in [-0.2, 0) is 16.0 Å². The molecule has 2 fully saturated rings. The van der Waals surface area contributed by atoms with Crippen LogP contribution in [0.15, 0.2) is 24.5 Å². The number of aliphatic hydroxyl groups is 1. The van der Waals surface area contributed by atoms with Gasteiger partial charge in [-0.05, 0) is 37.0 Å². The first-order chi connectivity index (χ1) is 13.6. The van der Waals surface area contributed by atoms with Crippen molar-refractivity contribution in [3.8, 4) is 0 Å². The second kappa shape index (κ2) is 12.5. The molecule has 3 N–H and O–H groups in total. The van der Waals surface area contributed by atoms with Crippen LogP contribution in [0.1, 0.15) is 50.5 Å². The number of nitrogens with zero attached hydrogens (tertiary/aromatic N) is 2. The Morgan fingerprint density at radius 1 is 1.14 bits per heavy atom. The van der Waals surface area contributed by atoms with Crippen LogP contribution in [0.4, 0.5) is 0 Å². The Hall–Kier alpha value is -1.99. The molecule has 7 heteroatoms. The maximum absolute atomic E-state index is 12.4. The first-order valence-electron chi connectivity index (χ1n) is 10.3. The predicted octanol–water partition coefficient (Wildman–Crippen LogP) is 1.85. The van der Waals surface area contributed by atoms with Gasteiger partial charge < -0.3 is 15.5 Å². The molecule has 2 aliphatic rings. The third-order valence-corrected chi connectivity index (χ3v) is 5.57. The lowest BCUT2D eigenvalue weighted by Gasteiger charge is -2.23. The van der Waals surface area contributed by atoms with E-state index in [1.54, 1.807) is 12.4 Å². The van der Waals surface area contributed by atoms with Crippen molar-refractivity contribution in [3.05, 3.63) is 30.1 Å². The summed E-state index contributed by atoms with van der Waals surface area (Å²) in [7, 11) is 0. The van der Waals surface area contributed by atoms with Crippen LogP contribution in [0.3, 0.4) is 0 Å². The molecule has 2 heterocycles. The van der Waals surface area contributed by atoms with Gasteiger partial charge in [-0.1, -0.05) is 32.1 Å². The molecule has 1 saturated heterocycles.